The quantitative estimate of drug-likeness (QED) is 0.270. The maximum Gasteiger partial charge on any atom is 2.00 e. The maximum atomic E-state index is 4.71. The van der Waals surface area contributed by atoms with Crippen molar-refractivity contribution in [3.63, 3.8) is 0 Å². The van der Waals surface area contributed by atoms with Gasteiger partial charge in [-0.05, 0) is 6.92 Å². The van der Waals surface area contributed by atoms with Gasteiger partial charge in [0.1, 0.15) is 0 Å². The number of epoxide rings is 1. The summed E-state index contributed by atoms with van der Waals surface area (Å²) in [6, 6.07) is 0. The molecule has 1 atom stereocenters. The van der Waals surface area contributed by atoms with Crippen molar-refractivity contribution < 1.29 is 46.6 Å². The zero-order valence-electron chi connectivity index (χ0n) is 3.80. The summed E-state index contributed by atoms with van der Waals surface area (Å²) in [6.07, 6.45) is 0.583. The standard InChI is InChI=1S/C3H6O.2ClH.Fe/c1-3-2-4-3;;;/h3H,2H2,1H3;2*1H;/q;;;+2/p-2. The van der Waals surface area contributed by atoms with Gasteiger partial charge in [0.25, 0.3) is 0 Å². The Bertz CT molecular complexity index is 32.1. The van der Waals surface area contributed by atoms with E-state index in [1.54, 1.807) is 0 Å². The Morgan fingerprint density at radius 2 is 1.57 bits per heavy atom. The van der Waals surface area contributed by atoms with Crippen molar-refractivity contribution in [2.24, 2.45) is 0 Å². The van der Waals surface area contributed by atoms with Crippen LogP contribution in [0.15, 0.2) is 0 Å². The van der Waals surface area contributed by atoms with Gasteiger partial charge < -0.3 is 29.6 Å². The molecule has 1 nitrogen and oxygen atoms in total. The Hall–Kier alpha value is 1.06. The fraction of sp³-hybridized carbons (Fsp3) is 1.00. The first kappa shape index (κ1) is 15.7. The van der Waals surface area contributed by atoms with Crippen LogP contribution in [0.25, 0.3) is 0 Å². The molecule has 0 aliphatic carbocycles. The van der Waals surface area contributed by atoms with Gasteiger partial charge in [-0.15, -0.1) is 0 Å². The number of rotatable bonds is 0. The summed E-state index contributed by atoms with van der Waals surface area (Å²) in [5.74, 6) is 0. The number of hydrogen-bond donors (Lipinski definition) is 0. The summed E-state index contributed by atoms with van der Waals surface area (Å²) >= 11 is 0. The molecule has 0 amide bonds. The minimum Gasteiger partial charge on any atom is -1.00 e. The van der Waals surface area contributed by atoms with E-state index in [1.165, 1.54) is 0 Å². The van der Waals surface area contributed by atoms with Crippen LogP contribution in [-0.2, 0) is 21.8 Å². The second-order valence-corrected chi connectivity index (χ2v) is 1.14. The molecule has 1 heterocycles. The maximum absolute atomic E-state index is 4.71. The molecule has 0 aromatic rings. The average molecular weight is 185 g/mol. The third-order valence-electron chi connectivity index (χ3n) is 0.500. The zero-order valence-corrected chi connectivity index (χ0v) is 6.42. The first-order chi connectivity index (χ1) is 1.89. The summed E-state index contributed by atoms with van der Waals surface area (Å²) in [5.41, 5.74) is 0. The molecule has 1 aliphatic rings. The van der Waals surface area contributed by atoms with Crippen LogP contribution in [-0.4, -0.2) is 12.7 Å². The molecule has 1 saturated heterocycles. The topological polar surface area (TPSA) is 12.5 Å². The van der Waals surface area contributed by atoms with E-state index in [1.807, 2.05) is 0 Å². The van der Waals surface area contributed by atoms with E-state index in [0.717, 1.165) is 6.61 Å². The van der Waals surface area contributed by atoms with E-state index >= 15 is 0 Å². The third-order valence-corrected chi connectivity index (χ3v) is 0.500. The van der Waals surface area contributed by atoms with Crippen LogP contribution >= 0.6 is 0 Å². The number of halogens is 2. The van der Waals surface area contributed by atoms with Crippen LogP contribution in [0.2, 0.25) is 0 Å². The molecular formula is C3H6Cl2FeO. The van der Waals surface area contributed by atoms with Crippen LogP contribution in [0.1, 0.15) is 6.92 Å². The Morgan fingerprint density at radius 3 is 1.57 bits per heavy atom. The predicted octanol–water partition coefficient (Wildman–Crippen LogP) is -5.59. The van der Waals surface area contributed by atoms with Crippen molar-refractivity contribution in [1.29, 1.82) is 0 Å². The summed E-state index contributed by atoms with van der Waals surface area (Å²) in [6.45, 7) is 3.04. The molecule has 1 unspecified atom stereocenters. The van der Waals surface area contributed by atoms with Crippen LogP contribution in [0.3, 0.4) is 0 Å². The summed E-state index contributed by atoms with van der Waals surface area (Å²) in [4.78, 5) is 0. The van der Waals surface area contributed by atoms with E-state index in [-0.39, 0.29) is 41.9 Å². The molecule has 0 saturated carbocycles. The smallest absolute Gasteiger partial charge is 1.00 e. The summed E-state index contributed by atoms with van der Waals surface area (Å²) in [5, 5.41) is 0. The van der Waals surface area contributed by atoms with E-state index in [2.05, 4.69) is 6.92 Å². The van der Waals surface area contributed by atoms with Crippen molar-refractivity contribution in [3.05, 3.63) is 0 Å². The minimum absolute atomic E-state index is 0. The average Bonchev–Trinajstić information content (AvgIpc) is 1.75. The van der Waals surface area contributed by atoms with Gasteiger partial charge in [0.05, 0.1) is 12.7 Å². The second-order valence-electron chi connectivity index (χ2n) is 1.14. The molecule has 0 aromatic carbocycles. The van der Waals surface area contributed by atoms with Crippen molar-refractivity contribution in [2.75, 3.05) is 6.61 Å². The molecule has 1 rings (SSSR count). The monoisotopic (exact) mass is 184 g/mol. The third kappa shape index (κ3) is 11.0. The molecule has 1 fully saturated rings. The number of ether oxygens (including phenoxy) is 1. The fourth-order valence-electron chi connectivity index (χ4n) is 0.0962. The van der Waals surface area contributed by atoms with Gasteiger partial charge in [-0.25, -0.2) is 0 Å². The van der Waals surface area contributed by atoms with Gasteiger partial charge in [-0.2, -0.15) is 0 Å². The molecule has 1 aliphatic heterocycles. The molecular weight excluding hydrogens is 179 g/mol. The van der Waals surface area contributed by atoms with Gasteiger partial charge in [0.2, 0.25) is 0 Å². The van der Waals surface area contributed by atoms with Gasteiger partial charge >= 0.3 is 17.1 Å². The summed E-state index contributed by atoms with van der Waals surface area (Å²) in [7, 11) is 0. The van der Waals surface area contributed by atoms with E-state index < -0.39 is 0 Å². The molecule has 0 aromatic heterocycles. The van der Waals surface area contributed by atoms with Gasteiger partial charge in [0, 0.05) is 0 Å². The zero-order chi connectivity index (χ0) is 2.99. The molecule has 46 valence electrons. The fourth-order valence-corrected chi connectivity index (χ4v) is 0.0962. The molecule has 4 heteroatoms. The molecule has 7 heavy (non-hydrogen) atoms. The van der Waals surface area contributed by atoms with Crippen molar-refractivity contribution in [3.8, 4) is 0 Å². The van der Waals surface area contributed by atoms with Crippen molar-refractivity contribution in [2.45, 2.75) is 13.0 Å². The number of hydrogen-bond acceptors (Lipinski definition) is 1. The van der Waals surface area contributed by atoms with Gasteiger partial charge in [0.15, 0.2) is 0 Å². The van der Waals surface area contributed by atoms with Crippen LogP contribution in [0.5, 0.6) is 0 Å². The Balaban J connectivity index is -0.0000000533. The normalized spacial score (nSPS) is 22.7. The minimum atomic E-state index is 0. The Kier molecular flexibility index (Phi) is 15.8. The first-order valence-electron chi connectivity index (χ1n) is 1.51. The Morgan fingerprint density at radius 1 is 1.43 bits per heavy atom. The molecule has 0 N–H and O–H groups in total. The first-order valence-corrected chi connectivity index (χ1v) is 1.51. The SMILES string of the molecule is CC1CO1.[Cl-].[Cl-].[Fe+2]. The largest absolute Gasteiger partial charge is 2.00 e. The molecule has 0 spiro atoms. The van der Waals surface area contributed by atoms with Crippen LogP contribution in [0.4, 0.5) is 0 Å². The van der Waals surface area contributed by atoms with E-state index in [0.29, 0.717) is 6.10 Å². The molecule has 0 radical (unpaired) electrons. The van der Waals surface area contributed by atoms with E-state index in [9.17, 15) is 0 Å². The van der Waals surface area contributed by atoms with Crippen LogP contribution in [0, 0.1) is 0 Å². The van der Waals surface area contributed by atoms with Crippen molar-refractivity contribution in [1.82, 2.24) is 0 Å². The summed E-state index contributed by atoms with van der Waals surface area (Å²) < 4.78 is 4.71. The predicted molar refractivity (Wildman–Crippen MR) is 15.4 cm³/mol. The van der Waals surface area contributed by atoms with Gasteiger partial charge in [-0.1, -0.05) is 0 Å². The van der Waals surface area contributed by atoms with Crippen LogP contribution < -0.4 is 24.8 Å². The van der Waals surface area contributed by atoms with Crippen molar-refractivity contribution >= 4 is 0 Å². The second kappa shape index (κ2) is 7.06. The Labute approximate surface area is 66.5 Å². The van der Waals surface area contributed by atoms with E-state index in [4.69, 9.17) is 4.74 Å². The molecule has 0 bridgehead atoms. The van der Waals surface area contributed by atoms with Gasteiger partial charge in [-0.3, -0.25) is 0 Å².